The molecule has 0 N–H and O–H groups in total. The fourth-order valence-electron chi connectivity index (χ4n) is 2.77. The van der Waals surface area contributed by atoms with Gasteiger partial charge in [0.25, 0.3) is 0 Å². The molecular formula is C16H15NO. The van der Waals surface area contributed by atoms with E-state index < -0.39 is 0 Å². The van der Waals surface area contributed by atoms with Gasteiger partial charge in [-0.1, -0.05) is 24.3 Å². The lowest BCUT2D eigenvalue weighted by Gasteiger charge is -2.13. The molecule has 0 aliphatic carbocycles. The molecule has 2 heteroatoms. The van der Waals surface area contributed by atoms with Crippen molar-refractivity contribution in [2.24, 2.45) is 7.05 Å². The van der Waals surface area contributed by atoms with Crippen molar-refractivity contribution in [1.29, 1.82) is 0 Å². The zero-order valence-corrected chi connectivity index (χ0v) is 10.8. The molecule has 0 spiro atoms. The number of benzene rings is 2. The summed E-state index contributed by atoms with van der Waals surface area (Å²) in [6.45, 7) is 4.04. The summed E-state index contributed by atoms with van der Waals surface area (Å²) in [4.78, 5) is 12.6. The first kappa shape index (κ1) is 11.0. The summed E-state index contributed by atoms with van der Waals surface area (Å²) in [6.07, 6.45) is 0. The average molecular weight is 237 g/mol. The van der Waals surface area contributed by atoms with E-state index >= 15 is 0 Å². The van der Waals surface area contributed by atoms with E-state index in [1.807, 2.05) is 57.3 Å². The standard InChI is InChI=1S/C16H15NO/c1-10-6-5-9-13-14(10)16(18)12-8-4-7-11(2)15(12)17(13)3/h4-9H,1-3H3. The maximum atomic E-state index is 12.6. The van der Waals surface area contributed by atoms with Crippen molar-refractivity contribution in [2.75, 3.05) is 0 Å². The Morgan fingerprint density at radius 2 is 1.61 bits per heavy atom. The Kier molecular flexibility index (Phi) is 2.27. The Balaban J connectivity index is 2.76. The van der Waals surface area contributed by atoms with Gasteiger partial charge in [-0.3, -0.25) is 4.79 Å². The third-order valence-electron chi connectivity index (χ3n) is 3.66. The van der Waals surface area contributed by atoms with Gasteiger partial charge in [0, 0.05) is 17.8 Å². The summed E-state index contributed by atoms with van der Waals surface area (Å²) in [5, 5.41) is 1.64. The molecule has 3 rings (SSSR count). The Hall–Kier alpha value is -2.09. The number of rotatable bonds is 0. The van der Waals surface area contributed by atoms with E-state index in [0.717, 1.165) is 32.9 Å². The largest absolute Gasteiger partial charge is 0.343 e. The number of fused-ring (bicyclic) bond motifs is 2. The Morgan fingerprint density at radius 3 is 2.39 bits per heavy atom. The monoisotopic (exact) mass is 237 g/mol. The fourth-order valence-corrected chi connectivity index (χ4v) is 2.77. The highest BCUT2D eigenvalue weighted by Crippen LogP contribution is 2.22. The van der Waals surface area contributed by atoms with Crippen molar-refractivity contribution in [3.05, 3.63) is 57.7 Å². The van der Waals surface area contributed by atoms with Gasteiger partial charge in [0.15, 0.2) is 5.43 Å². The first-order chi connectivity index (χ1) is 8.61. The predicted molar refractivity (Wildman–Crippen MR) is 76.2 cm³/mol. The van der Waals surface area contributed by atoms with E-state index in [9.17, 15) is 4.79 Å². The van der Waals surface area contributed by atoms with Crippen LogP contribution >= 0.6 is 0 Å². The van der Waals surface area contributed by atoms with Gasteiger partial charge in [-0.05, 0) is 37.1 Å². The van der Waals surface area contributed by atoms with Crippen LogP contribution in [0.1, 0.15) is 11.1 Å². The molecule has 3 aromatic rings. The van der Waals surface area contributed by atoms with Gasteiger partial charge in [0.2, 0.25) is 0 Å². The van der Waals surface area contributed by atoms with Crippen LogP contribution in [-0.2, 0) is 7.05 Å². The van der Waals surface area contributed by atoms with Crippen molar-refractivity contribution in [2.45, 2.75) is 13.8 Å². The summed E-state index contributed by atoms with van der Waals surface area (Å²) in [6, 6.07) is 11.9. The first-order valence-electron chi connectivity index (χ1n) is 6.09. The van der Waals surface area contributed by atoms with Crippen molar-refractivity contribution >= 4 is 21.8 Å². The Morgan fingerprint density at radius 1 is 0.944 bits per heavy atom. The van der Waals surface area contributed by atoms with Crippen molar-refractivity contribution in [3.8, 4) is 0 Å². The van der Waals surface area contributed by atoms with Gasteiger partial charge >= 0.3 is 0 Å². The van der Waals surface area contributed by atoms with Crippen LogP contribution in [0.5, 0.6) is 0 Å². The summed E-state index contributed by atoms with van der Waals surface area (Å²) in [7, 11) is 2.02. The quantitative estimate of drug-likeness (QED) is 0.550. The minimum Gasteiger partial charge on any atom is -0.343 e. The number of aryl methyl sites for hydroxylation is 3. The lowest BCUT2D eigenvalue weighted by Crippen LogP contribution is -2.11. The topological polar surface area (TPSA) is 22.0 Å². The van der Waals surface area contributed by atoms with Gasteiger partial charge in [-0.2, -0.15) is 0 Å². The molecule has 0 amide bonds. The molecule has 1 heterocycles. The van der Waals surface area contributed by atoms with E-state index in [0.29, 0.717) is 0 Å². The third-order valence-corrected chi connectivity index (χ3v) is 3.66. The number of para-hydroxylation sites is 1. The lowest BCUT2D eigenvalue weighted by molar-refractivity contribution is 0.995. The molecule has 1 aromatic heterocycles. The van der Waals surface area contributed by atoms with Gasteiger partial charge in [0.1, 0.15) is 0 Å². The molecule has 0 saturated carbocycles. The number of pyridine rings is 1. The second-order valence-electron chi connectivity index (χ2n) is 4.83. The second-order valence-corrected chi connectivity index (χ2v) is 4.83. The maximum absolute atomic E-state index is 12.6. The molecule has 18 heavy (non-hydrogen) atoms. The molecule has 0 bridgehead atoms. The summed E-state index contributed by atoms with van der Waals surface area (Å²) in [5.74, 6) is 0. The lowest BCUT2D eigenvalue weighted by atomic mass is 10.0. The molecule has 0 radical (unpaired) electrons. The molecule has 0 aliphatic rings. The van der Waals surface area contributed by atoms with Crippen LogP contribution < -0.4 is 5.43 Å². The molecule has 0 unspecified atom stereocenters. The van der Waals surface area contributed by atoms with Crippen LogP contribution in [0.2, 0.25) is 0 Å². The van der Waals surface area contributed by atoms with Crippen LogP contribution in [0.4, 0.5) is 0 Å². The van der Waals surface area contributed by atoms with E-state index in [1.165, 1.54) is 0 Å². The highest BCUT2D eigenvalue weighted by Gasteiger charge is 2.11. The van der Waals surface area contributed by atoms with Crippen molar-refractivity contribution in [3.63, 3.8) is 0 Å². The maximum Gasteiger partial charge on any atom is 0.197 e. The molecule has 0 atom stereocenters. The molecule has 2 nitrogen and oxygen atoms in total. The van der Waals surface area contributed by atoms with E-state index in [-0.39, 0.29) is 5.43 Å². The molecule has 2 aromatic carbocycles. The Bertz CT molecular complexity index is 828. The van der Waals surface area contributed by atoms with Gasteiger partial charge < -0.3 is 4.57 Å². The van der Waals surface area contributed by atoms with Crippen LogP contribution in [0.3, 0.4) is 0 Å². The average Bonchev–Trinajstić information content (AvgIpc) is 2.35. The normalized spacial score (nSPS) is 11.3. The Labute approximate surface area is 105 Å². The zero-order valence-electron chi connectivity index (χ0n) is 10.8. The van der Waals surface area contributed by atoms with E-state index in [1.54, 1.807) is 0 Å². The third kappa shape index (κ3) is 1.32. The SMILES string of the molecule is Cc1cccc2c1c(=O)c1cccc(C)c1n2C. The summed E-state index contributed by atoms with van der Waals surface area (Å²) in [5.41, 5.74) is 4.34. The zero-order chi connectivity index (χ0) is 12.9. The second kappa shape index (κ2) is 3.70. The fraction of sp³-hybridized carbons (Fsp3) is 0.188. The van der Waals surface area contributed by atoms with E-state index in [2.05, 4.69) is 4.57 Å². The number of aromatic nitrogens is 1. The first-order valence-corrected chi connectivity index (χ1v) is 6.09. The minimum atomic E-state index is 0.139. The molecule has 0 fully saturated rings. The number of hydrogen-bond donors (Lipinski definition) is 0. The van der Waals surface area contributed by atoms with Crippen molar-refractivity contribution < 1.29 is 0 Å². The molecule has 90 valence electrons. The van der Waals surface area contributed by atoms with Gasteiger partial charge in [-0.15, -0.1) is 0 Å². The predicted octanol–water partition coefficient (Wildman–Crippen LogP) is 3.31. The highest BCUT2D eigenvalue weighted by molar-refractivity contribution is 5.96. The van der Waals surface area contributed by atoms with Gasteiger partial charge in [-0.25, -0.2) is 0 Å². The molecule has 0 saturated heterocycles. The van der Waals surface area contributed by atoms with E-state index in [4.69, 9.17) is 0 Å². The molecular weight excluding hydrogens is 222 g/mol. The van der Waals surface area contributed by atoms with Crippen LogP contribution in [0.15, 0.2) is 41.2 Å². The molecule has 0 aliphatic heterocycles. The van der Waals surface area contributed by atoms with Gasteiger partial charge in [0.05, 0.1) is 11.0 Å². The highest BCUT2D eigenvalue weighted by atomic mass is 16.1. The number of nitrogens with zero attached hydrogens (tertiary/aromatic N) is 1. The van der Waals surface area contributed by atoms with Crippen LogP contribution in [-0.4, -0.2) is 4.57 Å². The summed E-state index contributed by atoms with van der Waals surface area (Å²) >= 11 is 0. The smallest absolute Gasteiger partial charge is 0.197 e. The minimum absolute atomic E-state index is 0.139. The van der Waals surface area contributed by atoms with Crippen LogP contribution in [0, 0.1) is 13.8 Å². The number of hydrogen-bond acceptors (Lipinski definition) is 1. The summed E-state index contributed by atoms with van der Waals surface area (Å²) < 4.78 is 2.12. The van der Waals surface area contributed by atoms with Crippen LogP contribution in [0.25, 0.3) is 21.8 Å². The van der Waals surface area contributed by atoms with Crippen molar-refractivity contribution in [1.82, 2.24) is 4.57 Å².